The maximum atomic E-state index is 13.0. The Morgan fingerprint density at radius 3 is 2.68 bits per heavy atom. The van der Waals surface area contributed by atoms with Crippen molar-refractivity contribution in [3.63, 3.8) is 0 Å². The van der Waals surface area contributed by atoms with Crippen LogP contribution in [0.2, 0.25) is 0 Å². The normalized spacial score (nSPS) is 19.2. The van der Waals surface area contributed by atoms with Crippen LogP contribution in [0.25, 0.3) is 5.76 Å². The van der Waals surface area contributed by atoms with E-state index in [1.807, 2.05) is 38.1 Å². The molecule has 0 aromatic heterocycles. The lowest BCUT2D eigenvalue weighted by Gasteiger charge is -2.25. The maximum absolute atomic E-state index is 13.0. The minimum Gasteiger partial charge on any atom is -0.507 e. The number of Topliss-reactive ketones (excluding diaryl/α,β-unsaturated/α-hetero) is 1. The summed E-state index contributed by atoms with van der Waals surface area (Å²) in [5.74, 6) is 0.158. The Labute approximate surface area is 180 Å². The molecule has 1 amide bonds. The van der Waals surface area contributed by atoms with Crippen molar-refractivity contribution in [1.82, 2.24) is 4.90 Å². The lowest BCUT2D eigenvalue weighted by atomic mass is 9.95. The molecule has 0 radical (unpaired) electrons. The summed E-state index contributed by atoms with van der Waals surface area (Å²) in [6.45, 7) is 5.02. The highest BCUT2D eigenvalue weighted by atomic mass is 16.7. The molecule has 0 spiro atoms. The number of nitrogens with zero attached hydrogens (tertiary/aromatic N) is 1. The van der Waals surface area contributed by atoms with E-state index in [-0.39, 0.29) is 18.1 Å². The molecule has 4 rings (SSSR count). The Hall–Kier alpha value is -3.48. The Balaban J connectivity index is 1.81. The molecule has 2 heterocycles. The van der Waals surface area contributed by atoms with Crippen molar-refractivity contribution < 1.29 is 28.9 Å². The SMILES string of the molecule is CCCOc1cccc(C2/C(=C(/O)c3ccc4c(c3)OCO4)C(=O)C(=O)N2CCC)c1. The van der Waals surface area contributed by atoms with Crippen molar-refractivity contribution >= 4 is 17.4 Å². The van der Waals surface area contributed by atoms with Crippen LogP contribution < -0.4 is 14.2 Å². The number of ether oxygens (including phenoxy) is 3. The summed E-state index contributed by atoms with van der Waals surface area (Å²) in [4.78, 5) is 27.3. The second-order valence-corrected chi connectivity index (χ2v) is 7.48. The molecule has 1 fully saturated rings. The van der Waals surface area contributed by atoms with E-state index in [0.717, 1.165) is 6.42 Å². The van der Waals surface area contributed by atoms with Gasteiger partial charge in [-0.2, -0.15) is 0 Å². The fourth-order valence-electron chi connectivity index (χ4n) is 3.89. The first-order valence-corrected chi connectivity index (χ1v) is 10.5. The standard InChI is InChI=1S/C24H25NO6/c1-3-10-25-21(15-6-5-7-17(12-15)29-11-4-2)20(23(27)24(25)28)22(26)16-8-9-18-19(13-16)31-14-30-18/h5-9,12-13,21,26H,3-4,10-11,14H2,1-2H3/b22-20-. The first-order valence-electron chi connectivity index (χ1n) is 10.5. The van der Waals surface area contributed by atoms with Crippen LogP contribution in [0, 0.1) is 0 Å². The Morgan fingerprint density at radius 2 is 1.90 bits per heavy atom. The first kappa shape index (κ1) is 20.8. The minimum absolute atomic E-state index is 0.0601. The van der Waals surface area contributed by atoms with Gasteiger partial charge in [-0.25, -0.2) is 0 Å². The van der Waals surface area contributed by atoms with E-state index in [2.05, 4.69) is 0 Å². The zero-order valence-corrected chi connectivity index (χ0v) is 17.6. The summed E-state index contributed by atoms with van der Waals surface area (Å²) in [6.07, 6.45) is 1.54. The lowest BCUT2D eigenvalue weighted by Crippen LogP contribution is -2.30. The highest BCUT2D eigenvalue weighted by Crippen LogP contribution is 2.42. The van der Waals surface area contributed by atoms with Gasteiger partial charge in [0.05, 0.1) is 18.2 Å². The molecule has 1 N–H and O–H groups in total. The minimum atomic E-state index is -0.700. The molecule has 7 nitrogen and oxygen atoms in total. The fraction of sp³-hybridized carbons (Fsp3) is 0.333. The molecule has 0 saturated carbocycles. The Kier molecular flexibility index (Phi) is 5.84. The van der Waals surface area contributed by atoms with Gasteiger partial charge in [-0.3, -0.25) is 9.59 Å². The van der Waals surface area contributed by atoms with Gasteiger partial charge in [-0.1, -0.05) is 26.0 Å². The van der Waals surface area contributed by atoms with Crippen LogP contribution in [0.1, 0.15) is 43.9 Å². The predicted molar refractivity (Wildman–Crippen MR) is 114 cm³/mol. The molecule has 1 unspecified atom stereocenters. The quantitative estimate of drug-likeness (QED) is 0.411. The summed E-state index contributed by atoms with van der Waals surface area (Å²) in [7, 11) is 0. The van der Waals surface area contributed by atoms with Crippen molar-refractivity contribution in [2.24, 2.45) is 0 Å². The zero-order valence-electron chi connectivity index (χ0n) is 17.6. The third kappa shape index (κ3) is 3.83. The molecule has 7 heteroatoms. The lowest BCUT2D eigenvalue weighted by molar-refractivity contribution is -0.139. The van der Waals surface area contributed by atoms with Crippen LogP contribution in [0.5, 0.6) is 17.2 Å². The molecule has 2 aromatic rings. The average Bonchev–Trinajstić information content (AvgIpc) is 3.35. The molecule has 0 aliphatic carbocycles. The molecule has 2 aliphatic rings. The van der Waals surface area contributed by atoms with Gasteiger partial charge < -0.3 is 24.2 Å². The van der Waals surface area contributed by atoms with E-state index in [0.29, 0.717) is 47.9 Å². The number of benzene rings is 2. The Bertz CT molecular complexity index is 1040. The smallest absolute Gasteiger partial charge is 0.295 e. The van der Waals surface area contributed by atoms with Crippen LogP contribution in [-0.2, 0) is 9.59 Å². The zero-order chi connectivity index (χ0) is 22.0. The van der Waals surface area contributed by atoms with E-state index in [4.69, 9.17) is 14.2 Å². The maximum Gasteiger partial charge on any atom is 0.295 e. The molecule has 2 aromatic carbocycles. The second kappa shape index (κ2) is 8.71. The number of hydrogen-bond donors (Lipinski definition) is 1. The highest BCUT2D eigenvalue weighted by Gasteiger charge is 2.45. The van der Waals surface area contributed by atoms with Gasteiger partial charge in [-0.15, -0.1) is 0 Å². The highest BCUT2D eigenvalue weighted by molar-refractivity contribution is 6.46. The van der Waals surface area contributed by atoms with Crippen molar-refractivity contribution in [3.8, 4) is 17.2 Å². The van der Waals surface area contributed by atoms with E-state index in [9.17, 15) is 14.7 Å². The molecule has 1 saturated heterocycles. The molecule has 0 bridgehead atoms. The van der Waals surface area contributed by atoms with E-state index >= 15 is 0 Å². The topological polar surface area (TPSA) is 85.3 Å². The van der Waals surface area contributed by atoms with Gasteiger partial charge in [0, 0.05) is 12.1 Å². The number of carbonyl (C=O) groups is 2. The van der Waals surface area contributed by atoms with Gasteiger partial charge in [-0.05, 0) is 48.7 Å². The number of aliphatic hydroxyl groups is 1. The second-order valence-electron chi connectivity index (χ2n) is 7.48. The molecule has 2 aliphatic heterocycles. The number of likely N-dealkylation sites (tertiary alicyclic amines) is 1. The first-order chi connectivity index (χ1) is 15.0. The average molecular weight is 423 g/mol. The van der Waals surface area contributed by atoms with Crippen LogP contribution in [0.15, 0.2) is 48.0 Å². The number of hydrogen-bond acceptors (Lipinski definition) is 6. The van der Waals surface area contributed by atoms with Crippen LogP contribution >= 0.6 is 0 Å². The largest absolute Gasteiger partial charge is 0.507 e. The molecular weight excluding hydrogens is 398 g/mol. The van der Waals surface area contributed by atoms with Crippen LogP contribution in [0.4, 0.5) is 0 Å². The summed E-state index contributed by atoms with van der Waals surface area (Å²) < 4.78 is 16.4. The van der Waals surface area contributed by atoms with Crippen LogP contribution in [-0.4, -0.2) is 41.6 Å². The summed E-state index contributed by atoms with van der Waals surface area (Å²) >= 11 is 0. The summed E-state index contributed by atoms with van der Waals surface area (Å²) in [5.41, 5.74) is 1.16. The summed E-state index contributed by atoms with van der Waals surface area (Å²) in [5, 5.41) is 11.1. The van der Waals surface area contributed by atoms with E-state index < -0.39 is 17.7 Å². The number of rotatable bonds is 7. The van der Waals surface area contributed by atoms with Gasteiger partial charge in [0.1, 0.15) is 11.5 Å². The van der Waals surface area contributed by atoms with Crippen molar-refractivity contribution in [1.29, 1.82) is 0 Å². The monoisotopic (exact) mass is 423 g/mol. The van der Waals surface area contributed by atoms with Crippen molar-refractivity contribution in [2.45, 2.75) is 32.7 Å². The molecular formula is C24H25NO6. The summed E-state index contributed by atoms with van der Waals surface area (Å²) in [6, 6.07) is 11.6. The molecule has 31 heavy (non-hydrogen) atoms. The number of amides is 1. The van der Waals surface area contributed by atoms with Gasteiger partial charge in [0.15, 0.2) is 11.5 Å². The number of ketones is 1. The van der Waals surface area contributed by atoms with Crippen LogP contribution in [0.3, 0.4) is 0 Å². The van der Waals surface area contributed by atoms with Crippen molar-refractivity contribution in [3.05, 3.63) is 59.2 Å². The van der Waals surface area contributed by atoms with E-state index in [1.165, 1.54) is 4.90 Å². The number of aliphatic hydroxyl groups excluding tert-OH is 1. The number of fused-ring (bicyclic) bond motifs is 1. The third-order valence-electron chi connectivity index (χ3n) is 5.30. The number of carbonyl (C=O) groups excluding carboxylic acids is 2. The van der Waals surface area contributed by atoms with E-state index in [1.54, 1.807) is 18.2 Å². The third-order valence-corrected chi connectivity index (χ3v) is 5.30. The molecule has 1 atom stereocenters. The fourth-order valence-corrected chi connectivity index (χ4v) is 3.89. The Morgan fingerprint density at radius 1 is 1.10 bits per heavy atom. The predicted octanol–water partition coefficient (Wildman–Crippen LogP) is 4.04. The van der Waals surface area contributed by atoms with Gasteiger partial charge in [0.2, 0.25) is 6.79 Å². The van der Waals surface area contributed by atoms with Gasteiger partial charge >= 0.3 is 0 Å². The molecule has 162 valence electrons. The van der Waals surface area contributed by atoms with Gasteiger partial charge in [0.25, 0.3) is 11.7 Å². The van der Waals surface area contributed by atoms with Crippen molar-refractivity contribution in [2.75, 3.05) is 19.9 Å².